The SMILES string of the molecule is O=C1C(O)=C(O)[C@@H](CO)O[C@H]1O. The van der Waals surface area contributed by atoms with Crippen LogP contribution in [0.4, 0.5) is 0 Å². The van der Waals surface area contributed by atoms with Gasteiger partial charge >= 0.3 is 0 Å². The molecule has 0 amide bonds. The molecule has 1 aliphatic rings. The van der Waals surface area contributed by atoms with E-state index in [2.05, 4.69) is 4.74 Å². The van der Waals surface area contributed by atoms with Crippen LogP contribution in [0.2, 0.25) is 0 Å². The van der Waals surface area contributed by atoms with Gasteiger partial charge in [-0.1, -0.05) is 0 Å². The second kappa shape index (κ2) is 3.10. The van der Waals surface area contributed by atoms with E-state index in [4.69, 9.17) is 20.4 Å². The first-order valence-electron chi connectivity index (χ1n) is 3.18. The van der Waals surface area contributed by atoms with Crippen LogP contribution in [0.25, 0.3) is 0 Å². The van der Waals surface area contributed by atoms with Gasteiger partial charge in [0.2, 0.25) is 12.0 Å². The van der Waals surface area contributed by atoms with Crippen LogP contribution >= 0.6 is 0 Å². The molecule has 1 aliphatic heterocycles. The number of carbonyl (C=O) groups excluding carboxylic acids is 1. The van der Waals surface area contributed by atoms with Gasteiger partial charge in [-0.2, -0.15) is 0 Å². The van der Waals surface area contributed by atoms with Crippen molar-refractivity contribution in [1.29, 1.82) is 0 Å². The fraction of sp³-hybridized carbons (Fsp3) is 0.500. The Morgan fingerprint density at radius 3 is 2.50 bits per heavy atom. The summed E-state index contributed by atoms with van der Waals surface area (Å²) in [5.41, 5.74) is 0. The van der Waals surface area contributed by atoms with Crippen LogP contribution in [0.5, 0.6) is 0 Å². The fourth-order valence-electron chi connectivity index (χ4n) is 0.807. The summed E-state index contributed by atoms with van der Waals surface area (Å²) in [7, 11) is 0. The molecule has 12 heavy (non-hydrogen) atoms. The zero-order chi connectivity index (χ0) is 9.30. The van der Waals surface area contributed by atoms with Gasteiger partial charge in [0, 0.05) is 0 Å². The number of aliphatic hydroxyl groups is 4. The minimum absolute atomic E-state index is 0.625. The number of rotatable bonds is 1. The molecular formula is C6H8O6. The first-order chi connectivity index (χ1) is 5.57. The molecule has 0 radical (unpaired) electrons. The van der Waals surface area contributed by atoms with Gasteiger partial charge in [0.25, 0.3) is 5.78 Å². The van der Waals surface area contributed by atoms with Gasteiger partial charge < -0.3 is 25.2 Å². The number of ketones is 1. The fourth-order valence-corrected chi connectivity index (χ4v) is 0.807. The number of Topliss-reactive ketones (excluding diaryl/α,β-unsaturated/α-hetero) is 1. The normalized spacial score (nSPS) is 31.0. The van der Waals surface area contributed by atoms with E-state index in [0.29, 0.717) is 0 Å². The van der Waals surface area contributed by atoms with Crippen LogP contribution in [0.3, 0.4) is 0 Å². The van der Waals surface area contributed by atoms with Crippen molar-refractivity contribution in [2.24, 2.45) is 0 Å². The Kier molecular flexibility index (Phi) is 2.32. The molecular weight excluding hydrogens is 168 g/mol. The number of hydrogen-bond acceptors (Lipinski definition) is 6. The van der Waals surface area contributed by atoms with Gasteiger partial charge in [-0.05, 0) is 0 Å². The molecule has 0 bridgehead atoms. The third kappa shape index (κ3) is 1.27. The number of ether oxygens (including phenoxy) is 1. The third-order valence-electron chi connectivity index (χ3n) is 1.46. The molecule has 1 rings (SSSR count). The number of hydrogen-bond donors (Lipinski definition) is 4. The Morgan fingerprint density at radius 2 is 2.00 bits per heavy atom. The monoisotopic (exact) mass is 176 g/mol. The summed E-state index contributed by atoms with van der Waals surface area (Å²) in [5, 5.41) is 35.1. The molecule has 0 spiro atoms. The zero-order valence-corrected chi connectivity index (χ0v) is 5.97. The molecule has 0 aromatic carbocycles. The Balaban J connectivity index is 2.95. The second-order valence-corrected chi connectivity index (χ2v) is 2.26. The lowest BCUT2D eigenvalue weighted by Gasteiger charge is -2.23. The quantitative estimate of drug-likeness (QED) is 0.391. The van der Waals surface area contributed by atoms with Crippen molar-refractivity contribution in [3.63, 3.8) is 0 Å². The molecule has 0 saturated heterocycles. The molecule has 0 aromatic rings. The van der Waals surface area contributed by atoms with Crippen molar-refractivity contribution in [2.75, 3.05) is 6.61 Å². The summed E-state index contributed by atoms with van der Waals surface area (Å²) in [6.07, 6.45) is -3.06. The highest BCUT2D eigenvalue weighted by molar-refractivity contribution is 5.96. The highest BCUT2D eigenvalue weighted by Gasteiger charge is 2.35. The van der Waals surface area contributed by atoms with Gasteiger partial charge in [-0.15, -0.1) is 0 Å². The van der Waals surface area contributed by atoms with E-state index in [1.165, 1.54) is 0 Å². The topological polar surface area (TPSA) is 107 Å². The van der Waals surface area contributed by atoms with Gasteiger partial charge in [0.05, 0.1) is 6.61 Å². The van der Waals surface area contributed by atoms with E-state index in [-0.39, 0.29) is 0 Å². The summed E-state index contributed by atoms with van der Waals surface area (Å²) in [5.74, 6) is -2.84. The van der Waals surface area contributed by atoms with Crippen molar-refractivity contribution in [1.82, 2.24) is 0 Å². The predicted octanol–water partition coefficient (Wildman–Crippen LogP) is -1.41. The Morgan fingerprint density at radius 1 is 1.42 bits per heavy atom. The first-order valence-corrected chi connectivity index (χ1v) is 3.18. The maximum atomic E-state index is 10.7. The molecule has 0 saturated carbocycles. The van der Waals surface area contributed by atoms with Crippen LogP contribution in [0, 0.1) is 0 Å². The molecule has 1 heterocycles. The Hall–Kier alpha value is -1.11. The molecule has 6 heteroatoms. The molecule has 4 N–H and O–H groups in total. The average Bonchev–Trinajstić information content (AvgIpc) is 2.08. The average molecular weight is 176 g/mol. The molecule has 0 fully saturated rings. The summed E-state index contributed by atoms with van der Waals surface area (Å²) < 4.78 is 4.42. The highest BCUT2D eigenvalue weighted by atomic mass is 16.6. The van der Waals surface area contributed by atoms with E-state index in [0.717, 1.165) is 0 Å². The summed E-state index contributed by atoms with van der Waals surface area (Å²) in [6, 6.07) is 0. The van der Waals surface area contributed by atoms with Gasteiger partial charge in [0.1, 0.15) is 6.10 Å². The van der Waals surface area contributed by atoms with Crippen LogP contribution in [-0.2, 0) is 9.53 Å². The van der Waals surface area contributed by atoms with E-state index < -0.39 is 36.3 Å². The summed E-state index contributed by atoms with van der Waals surface area (Å²) in [6.45, 7) is -0.625. The van der Waals surface area contributed by atoms with Crippen LogP contribution < -0.4 is 0 Å². The lowest BCUT2D eigenvalue weighted by molar-refractivity contribution is -0.176. The molecule has 0 unspecified atom stereocenters. The van der Waals surface area contributed by atoms with E-state index in [9.17, 15) is 4.79 Å². The van der Waals surface area contributed by atoms with Gasteiger partial charge in [-0.25, -0.2) is 0 Å². The van der Waals surface area contributed by atoms with E-state index >= 15 is 0 Å². The maximum Gasteiger partial charge on any atom is 0.256 e. The smallest absolute Gasteiger partial charge is 0.256 e. The Labute approximate surface area is 67.3 Å². The molecule has 0 aromatic heterocycles. The van der Waals surface area contributed by atoms with Gasteiger partial charge in [0.15, 0.2) is 5.76 Å². The first kappa shape index (κ1) is 8.98. The van der Waals surface area contributed by atoms with Crippen LogP contribution in [-0.4, -0.2) is 45.2 Å². The minimum atomic E-state index is -1.82. The predicted molar refractivity (Wildman–Crippen MR) is 35.3 cm³/mol. The standard InChI is InChI=1S/C6H8O6/c7-1-2-3(8)4(9)5(10)6(11)12-2/h2,6-9,11H,1H2/t2-,6-/m1/s1. The van der Waals surface area contributed by atoms with Crippen molar-refractivity contribution in [3.8, 4) is 0 Å². The lowest BCUT2D eigenvalue weighted by atomic mass is 10.1. The molecule has 68 valence electrons. The van der Waals surface area contributed by atoms with Crippen LogP contribution in [0.15, 0.2) is 11.5 Å². The highest BCUT2D eigenvalue weighted by Crippen LogP contribution is 2.17. The van der Waals surface area contributed by atoms with Crippen molar-refractivity contribution >= 4 is 5.78 Å². The molecule has 2 atom stereocenters. The molecule has 6 nitrogen and oxygen atoms in total. The third-order valence-corrected chi connectivity index (χ3v) is 1.46. The summed E-state index contributed by atoms with van der Waals surface area (Å²) >= 11 is 0. The molecule has 0 aliphatic carbocycles. The summed E-state index contributed by atoms with van der Waals surface area (Å²) in [4.78, 5) is 10.7. The van der Waals surface area contributed by atoms with Crippen molar-refractivity contribution in [3.05, 3.63) is 11.5 Å². The number of carbonyl (C=O) groups is 1. The van der Waals surface area contributed by atoms with Crippen molar-refractivity contribution in [2.45, 2.75) is 12.4 Å². The number of aliphatic hydroxyl groups excluding tert-OH is 4. The minimum Gasteiger partial charge on any atom is -0.506 e. The lowest BCUT2D eigenvalue weighted by Crippen LogP contribution is -2.39. The largest absolute Gasteiger partial charge is 0.506 e. The maximum absolute atomic E-state index is 10.7. The van der Waals surface area contributed by atoms with Crippen LogP contribution in [0.1, 0.15) is 0 Å². The zero-order valence-electron chi connectivity index (χ0n) is 5.97. The second-order valence-electron chi connectivity index (χ2n) is 2.26. The Bertz CT molecular complexity index is 232. The van der Waals surface area contributed by atoms with E-state index in [1.807, 2.05) is 0 Å². The van der Waals surface area contributed by atoms with Crippen molar-refractivity contribution < 1.29 is 30.0 Å². The van der Waals surface area contributed by atoms with E-state index in [1.54, 1.807) is 0 Å². The van der Waals surface area contributed by atoms with Gasteiger partial charge in [-0.3, -0.25) is 4.79 Å².